The zero-order valence-corrected chi connectivity index (χ0v) is 7.60. The molecule has 0 saturated carbocycles. The van der Waals surface area contributed by atoms with Crippen molar-refractivity contribution in [1.29, 1.82) is 0 Å². The molecule has 6 nitrogen and oxygen atoms in total. The molecule has 72 valence electrons. The molecule has 13 heavy (non-hydrogen) atoms. The van der Waals surface area contributed by atoms with Crippen LogP contribution in [-0.4, -0.2) is 27.1 Å². The number of hydrogen-bond acceptors (Lipinski definition) is 5. The molecule has 0 atom stereocenters. The first-order valence-electron chi connectivity index (χ1n) is 3.93. The van der Waals surface area contributed by atoms with Crippen molar-refractivity contribution < 1.29 is 9.53 Å². The van der Waals surface area contributed by atoms with Gasteiger partial charge in [0.2, 0.25) is 0 Å². The summed E-state index contributed by atoms with van der Waals surface area (Å²) in [5, 5.41) is 7.14. The Kier molecular flexibility index (Phi) is 2.84. The first-order valence-corrected chi connectivity index (χ1v) is 3.93. The summed E-state index contributed by atoms with van der Waals surface area (Å²) >= 11 is 0. The van der Waals surface area contributed by atoms with E-state index in [0.717, 1.165) is 0 Å². The lowest BCUT2D eigenvalue weighted by molar-refractivity contribution is -0.148. The summed E-state index contributed by atoms with van der Waals surface area (Å²) in [7, 11) is 0. The second kappa shape index (κ2) is 3.88. The number of rotatable bonds is 3. The molecule has 1 heterocycles. The number of carbonyl (C=O) groups is 1. The van der Waals surface area contributed by atoms with Crippen molar-refractivity contribution in [3.63, 3.8) is 0 Å². The molecular formula is C7H12N4O2. The fourth-order valence-electron chi connectivity index (χ4n) is 0.823. The quantitative estimate of drug-likeness (QED) is 0.658. The molecule has 0 fully saturated rings. The maximum Gasteiger partial charge on any atom is 0.328 e. The van der Waals surface area contributed by atoms with Crippen molar-refractivity contribution in [1.82, 2.24) is 15.0 Å². The summed E-state index contributed by atoms with van der Waals surface area (Å²) in [4.78, 5) is 11.1. The van der Waals surface area contributed by atoms with E-state index in [2.05, 4.69) is 10.3 Å². The molecule has 0 radical (unpaired) electrons. The zero-order chi connectivity index (χ0) is 9.84. The van der Waals surface area contributed by atoms with Crippen molar-refractivity contribution in [2.75, 3.05) is 5.73 Å². The molecule has 0 aliphatic heterocycles. The van der Waals surface area contributed by atoms with Crippen molar-refractivity contribution >= 4 is 11.8 Å². The summed E-state index contributed by atoms with van der Waals surface area (Å²) in [6, 6.07) is 0. The lowest BCUT2D eigenvalue weighted by atomic mass is 10.5. The highest BCUT2D eigenvalue weighted by Crippen LogP contribution is 1.95. The van der Waals surface area contributed by atoms with Crippen LogP contribution >= 0.6 is 0 Å². The van der Waals surface area contributed by atoms with Crippen LogP contribution < -0.4 is 5.73 Å². The fourth-order valence-corrected chi connectivity index (χ4v) is 0.823. The van der Waals surface area contributed by atoms with E-state index >= 15 is 0 Å². The minimum absolute atomic E-state index is 0.0440. The predicted molar refractivity (Wildman–Crippen MR) is 45.7 cm³/mol. The zero-order valence-electron chi connectivity index (χ0n) is 7.60. The van der Waals surface area contributed by atoms with Crippen LogP contribution in [0.4, 0.5) is 5.82 Å². The summed E-state index contributed by atoms with van der Waals surface area (Å²) in [5.74, 6) is -0.0581. The number of carbonyl (C=O) groups excluding carboxylic acids is 1. The molecule has 0 aliphatic rings. The van der Waals surface area contributed by atoms with Crippen molar-refractivity contribution in [3.8, 4) is 0 Å². The third-order valence-corrected chi connectivity index (χ3v) is 1.21. The van der Waals surface area contributed by atoms with Gasteiger partial charge in [-0.2, -0.15) is 0 Å². The number of anilines is 1. The van der Waals surface area contributed by atoms with E-state index in [9.17, 15) is 4.79 Å². The maximum absolute atomic E-state index is 11.1. The molecule has 0 amide bonds. The van der Waals surface area contributed by atoms with Crippen LogP contribution in [0.25, 0.3) is 0 Å². The number of aromatic nitrogens is 3. The SMILES string of the molecule is CC(C)OC(=O)Cn1cc(N)nn1. The molecule has 0 aromatic carbocycles. The van der Waals surface area contributed by atoms with Gasteiger partial charge in [-0.3, -0.25) is 4.79 Å². The van der Waals surface area contributed by atoms with Crippen LogP contribution in [0, 0.1) is 0 Å². The highest BCUT2D eigenvalue weighted by atomic mass is 16.5. The Balaban J connectivity index is 2.45. The minimum Gasteiger partial charge on any atom is -0.462 e. The van der Waals surface area contributed by atoms with Crippen LogP contribution in [0.5, 0.6) is 0 Å². The van der Waals surface area contributed by atoms with Gasteiger partial charge in [-0.1, -0.05) is 5.21 Å². The highest BCUT2D eigenvalue weighted by molar-refractivity contribution is 5.69. The van der Waals surface area contributed by atoms with E-state index in [1.807, 2.05) is 0 Å². The Morgan fingerprint density at radius 3 is 2.92 bits per heavy atom. The Bertz CT molecular complexity index is 294. The largest absolute Gasteiger partial charge is 0.462 e. The van der Waals surface area contributed by atoms with Gasteiger partial charge >= 0.3 is 5.97 Å². The lowest BCUT2D eigenvalue weighted by Crippen LogP contribution is -2.17. The summed E-state index contributed by atoms with van der Waals surface area (Å²) in [6.45, 7) is 3.61. The first-order chi connectivity index (χ1) is 6.08. The molecule has 2 N–H and O–H groups in total. The molecule has 0 aliphatic carbocycles. The van der Waals surface area contributed by atoms with Gasteiger partial charge in [0, 0.05) is 0 Å². The number of nitrogens with two attached hydrogens (primary N) is 1. The number of ether oxygens (including phenoxy) is 1. The van der Waals surface area contributed by atoms with E-state index in [1.165, 1.54) is 10.9 Å². The summed E-state index contributed by atoms with van der Waals surface area (Å²) in [6.07, 6.45) is 1.36. The average Bonchev–Trinajstić information content (AvgIpc) is 2.33. The molecule has 0 saturated heterocycles. The molecule has 0 unspecified atom stereocenters. The van der Waals surface area contributed by atoms with Gasteiger partial charge in [0.25, 0.3) is 0 Å². The Morgan fingerprint density at radius 2 is 2.46 bits per heavy atom. The third kappa shape index (κ3) is 3.10. The topological polar surface area (TPSA) is 83.0 Å². The molecular weight excluding hydrogens is 172 g/mol. The van der Waals surface area contributed by atoms with Crippen LogP contribution in [-0.2, 0) is 16.1 Å². The summed E-state index contributed by atoms with van der Waals surface area (Å²) < 4.78 is 6.23. The summed E-state index contributed by atoms with van der Waals surface area (Å²) in [5.41, 5.74) is 5.31. The number of nitrogen functional groups attached to an aromatic ring is 1. The van der Waals surface area contributed by atoms with E-state index in [1.54, 1.807) is 13.8 Å². The van der Waals surface area contributed by atoms with Crippen LogP contribution in [0.15, 0.2) is 6.20 Å². The molecule has 1 aromatic rings. The second-order valence-electron chi connectivity index (χ2n) is 2.88. The normalized spacial score (nSPS) is 10.4. The van der Waals surface area contributed by atoms with E-state index in [0.29, 0.717) is 0 Å². The highest BCUT2D eigenvalue weighted by Gasteiger charge is 2.07. The number of nitrogens with zero attached hydrogens (tertiary/aromatic N) is 3. The average molecular weight is 184 g/mol. The van der Waals surface area contributed by atoms with Gasteiger partial charge in [-0.25, -0.2) is 4.68 Å². The maximum atomic E-state index is 11.1. The van der Waals surface area contributed by atoms with Gasteiger partial charge in [0.1, 0.15) is 6.54 Å². The van der Waals surface area contributed by atoms with Gasteiger partial charge in [0.15, 0.2) is 5.82 Å². The van der Waals surface area contributed by atoms with E-state index < -0.39 is 0 Å². The van der Waals surface area contributed by atoms with Crippen LogP contribution in [0.3, 0.4) is 0 Å². The van der Waals surface area contributed by atoms with Gasteiger partial charge in [0.05, 0.1) is 12.3 Å². The molecule has 0 spiro atoms. The smallest absolute Gasteiger partial charge is 0.328 e. The van der Waals surface area contributed by atoms with Gasteiger partial charge in [-0.05, 0) is 13.8 Å². The lowest BCUT2D eigenvalue weighted by Gasteiger charge is -2.06. The Hall–Kier alpha value is -1.59. The predicted octanol–water partition coefficient (Wildman–Crippen LogP) is -0.188. The van der Waals surface area contributed by atoms with E-state index in [-0.39, 0.29) is 24.4 Å². The van der Waals surface area contributed by atoms with Crippen molar-refractivity contribution in [2.45, 2.75) is 26.5 Å². The van der Waals surface area contributed by atoms with Gasteiger partial charge < -0.3 is 10.5 Å². The first kappa shape index (κ1) is 9.50. The molecule has 1 rings (SSSR count). The van der Waals surface area contributed by atoms with Crippen molar-refractivity contribution in [2.24, 2.45) is 0 Å². The third-order valence-electron chi connectivity index (χ3n) is 1.21. The monoisotopic (exact) mass is 184 g/mol. The van der Waals surface area contributed by atoms with Crippen molar-refractivity contribution in [3.05, 3.63) is 6.20 Å². The fraction of sp³-hybridized carbons (Fsp3) is 0.571. The number of esters is 1. The molecule has 1 aromatic heterocycles. The number of hydrogen-bond donors (Lipinski definition) is 1. The standard InChI is InChI=1S/C7H12N4O2/c1-5(2)13-7(12)4-11-3-6(8)9-10-11/h3,5H,4,8H2,1-2H3. The van der Waals surface area contributed by atoms with E-state index in [4.69, 9.17) is 10.5 Å². The van der Waals surface area contributed by atoms with Gasteiger partial charge in [-0.15, -0.1) is 5.10 Å². The Labute approximate surface area is 75.7 Å². The molecule has 0 bridgehead atoms. The van der Waals surface area contributed by atoms with Crippen LogP contribution in [0.1, 0.15) is 13.8 Å². The Morgan fingerprint density at radius 1 is 1.77 bits per heavy atom. The van der Waals surface area contributed by atoms with Crippen LogP contribution in [0.2, 0.25) is 0 Å². The second-order valence-corrected chi connectivity index (χ2v) is 2.88. The minimum atomic E-state index is -0.347. The molecule has 6 heteroatoms.